The van der Waals surface area contributed by atoms with Crippen molar-refractivity contribution in [3.05, 3.63) is 35.4 Å². The van der Waals surface area contributed by atoms with E-state index in [9.17, 15) is 8.78 Å². The zero-order valence-electron chi connectivity index (χ0n) is 12.0. The third kappa shape index (κ3) is 2.59. The van der Waals surface area contributed by atoms with Gasteiger partial charge in [0.15, 0.2) is 0 Å². The fraction of sp³-hybridized carbons (Fsp3) is 0.625. The number of nitrogens with zero attached hydrogens (tertiary/aromatic N) is 2. The van der Waals surface area contributed by atoms with Crippen LogP contribution >= 0.6 is 0 Å². The molecule has 0 saturated carbocycles. The Bertz CT molecular complexity index is 472. The average Bonchev–Trinajstić information content (AvgIpc) is 3.11. The first-order valence-electron chi connectivity index (χ1n) is 7.61. The molecule has 0 N–H and O–H groups in total. The zero-order valence-corrected chi connectivity index (χ0v) is 12.0. The van der Waals surface area contributed by atoms with Gasteiger partial charge < -0.3 is 0 Å². The minimum Gasteiger partial charge on any atom is -0.288 e. The molecule has 0 amide bonds. The van der Waals surface area contributed by atoms with Crippen molar-refractivity contribution in [3.8, 4) is 0 Å². The summed E-state index contributed by atoms with van der Waals surface area (Å²) in [4.78, 5) is 4.79. The summed E-state index contributed by atoms with van der Waals surface area (Å²) in [5.74, 6) is -0.626. The van der Waals surface area contributed by atoms with Crippen LogP contribution in [0.2, 0.25) is 0 Å². The molecule has 1 unspecified atom stereocenters. The molecule has 2 nitrogen and oxygen atoms in total. The highest BCUT2D eigenvalue weighted by molar-refractivity contribution is 5.23. The van der Waals surface area contributed by atoms with Crippen LogP contribution in [0.25, 0.3) is 0 Å². The number of likely N-dealkylation sites (tertiary alicyclic amines) is 2. The van der Waals surface area contributed by atoms with E-state index in [0.29, 0.717) is 11.7 Å². The van der Waals surface area contributed by atoms with Crippen LogP contribution in [0.15, 0.2) is 18.2 Å². The maximum Gasteiger partial charge on any atom is 0.128 e. The Morgan fingerprint density at radius 1 is 1.10 bits per heavy atom. The maximum absolute atomic E-state index is 14.0. The van der Waals surface area contributed by atoms with Crippen LogP contribution in [0, 0.1) is 11.6 Å². The molecule has 0 radical (unpaired) electrons. The van der Waals surface area contributed by atoms with E-state index in [4.69, 9.17) is 0 Å². The minimum absolute atomic E-state index is 0.0151. The SMILES string of the molecule is CC(N1CCCC1)N1CCC[C@@H]1c1cc(F)ccc1F. The second-order valence-corrected chi connectivity index (χ2v) is 5.94. The van der Waals surface area contributed by atoms with Crippen LogP contribution in [0.5, 0.6) is 0 Å². The van der Waals surface area contributed by atoms with Gasteiger partial charge in [0.05, 0.1) is 6.17 Å². The Labute approximate surface area is 119 Å². The predicted molar refractivity (Wildman–Crippen MR) is 75.3 cm³/mol. The summed E-state index contributed by atoms with van der Waals surface area (Å²) in [6.45, 7) is 5.41. The van der Waals surface area contributed by atoms with Crippen molar-refractivity contribution in [1.82, 2.24) is 9.80 Å². The van der Waals surface area contributed by atoms with Gasteiger partial charge in [-0.1, -0.05) is 0 Å². The van der Waals surface area contributed by atoms with Gasteiger partial charge in [0.1, 0.15) is 11.6 Å². The van der Waals surface area contributed by atoms with Gasteiger partial charge in [-0.3, -0.25) is 9.80 Å². The molecule has 1 aromatic rings. The number of halogens is 2. The molecule has 2 saturated heterocycles. The molecular weight excluding hydrogens is 258 g/mol. The van der Waals surface area contributed by atoms with Crippen LogP contribution in [0.1, 0.15) is 44.2 Å². The summed E-state index contributed by atoms with van der Waals surface area (Å²) in [6.07, 6.45) is 4.78. The van der Waals surface area contributed by atoms with E-state index in [1.54, 1.807) is 0 Å². The van der Waals surface area contributed by atoms with Gasteiger partial charge in [0.25, 0.3) is 0 Å². The highest BCUT2D eigenvalue weighted by Gasteiger charge is 2.34. The van der Waals surface area contributed by atoms with Crippen molar-refractivity contribution in [2.45, 2.75) is 44.8 Å². The van der Waals surface area contributed by atoms with Gasteiger partial charge in [-0.05, 0) is 63.9 Å². The number of hydrogen-bond acceptors (Lipinski definition) is 2. The third-order valence-electron chi connectivity index (χ3n) is 4.76. The summed E-state index contributed by atoms with van der Waals surface area (Å²) in [5, 5.41) is 0. The van der Waals surface area contributed by atoms with Crippen LogP contribution in [0.4, 0.5) is 8.78 Å². The lowest BCUT2D eigenvalue weighted by molar-refractivity contribution is 0.0611. The Kier molecular flexibility index (Phi) is 4.03. The quantitative estimate of drug-likeness (QED) is 0.835. The molecular formula is C16H22F2N2. The average molecular weight is 280 g/mol. The fourth-order valence-electron chi connectivity index (χ4n) is 3.67. The Morgan fingerprint density at radius 2 is 1.85 bits per heavy atom. The van der Waals surface area contributed by atoms with Gasteiger partial charge in [-0.2, -0.15) is 0 Å². The lowest BCUT2D eigenvalue weighted by Crippen LogP contribution is -2.44. The summed E-state index contributed by atoms with van der Waals surface area (Å²) in [5.41, 5.74) is 0.522. The summed E-state index contributed by atoms with van der Waals surface area (Å²) < 4.78 is 27.5. The van der Waals surface area contributed by atoms with Gasteiger partial charge in [0.2, 0.25) is 0 Å². The van der Waals surface area contributed by atoms with Crippen LogP contribution in [-0.4, -0.2) is 35.6 Å². The first-order chi connectivity index (χ1) is 9.66. The van der Waals surface area contributed by atoms with Crippen molar-refractivity contribution < 1.29 is 8.78 Å². The second kappa shape index (κ2) is 5.78. The molecule has 0 aromatic heterocycles. The van der Waals surface area contributed by atoms with E-state index < -0.39 is 0 Å². The third-order valence-corrected chi connectivity index (χ3v) is 4.76. The number of rotatable bonds is 3. The molecule has 4 heteroatoms. The van der Waals surface area contributed by atoms with Crippen molar-refractivity contribution in [2.24, 2.45) is 0 Å². The van der Waals surface area contributed by atoms with E-state index in [1.165, 1.54) is 31.0 Å². The molecule has 2 aliphatic rings. The van der Waals surface area contributed by atoms with Crippen LogP contribution < -0.4 is 0 Å². The molecule has 3 rings (SSSR count). The molecule has 2 fully saturated rings. The number of benzene rings is 1. The highest BCUT2D eigenvalue weighted by atomic mass is 19.1. The van der Waals surface area contributed by atoms with E-state index in [0.717, 1.165) is 32.5 Å². The lowest BCUT2D eigenvalue weighted by Gasteiger charge is -2.36. The maximum atomic E-state index is 14.0. The molecule has 0 spiro atoms. The Balaban J connectivity index is 1.82. The van der Waals surface area contributed by atoms with Gasteiger partial charge in [-0.25, -0.2) is 8.78 Å². The highest BCUT2D eigenvalue weighted by Crippen LogP contribution is 2.36. The zero-order chi connectivity index (χ0) is 14.1. The van der Waals surface area contributed by atoms with Gasteiger partial charge in [-0.15, -0.1) is 0 Å². The standard InChI is InChI=1S/C16H22F2N2/c1-12(19-8-2-3-9-19)20-10-4-5-16(20)14-11-13(17)6-7-15(14)18/h6-7,11-12,16H,2-5,8-10H2,1H3/t12?,16-/m1/s1. The van der Waals surface area contributed by atoms with Gasteiger partial charge >= 0.3 is 0 Å². The monoisotopic (exact) mass is 280 g/mol. The Morgan fingerprint density at radius 3 is 2.60 bits per heavy atom. The molecule has 2 aliphatic heterocycles. The smallest absolute Gasteiger partial charge is 0.128 e. The molecule has 0 aliphatic carbocycles. The first-order valence-corrected chi connectivity index (χ1v) is 7.61. The lowest BCUT2D eigenvalue weighted by atomic mass is 10.0. The molecule has 0 bridgehead atoms. The summed E-state index contributed by atoms with van der Waals surface area (Å²) in [7, 11) is 0. The first kappa shape index (κ1) is 14.0. The molecule has 110 valence electrons. The molecule has 1 aromatic carbocycles. The van der Waals surface area contributed by atoms with Crippen LogP contribution in [-0.2, 0) is 0 Å². The summed E-state index contributed by atoms with van der Waals surface area (Å²) >= 11 is 0. The Hall–Kier alpha value is -1.00. The van der Waals surface area contributed by atoms with E-state index in [-0.39, 0.29) is 17.7 Å². The summed E-state index contributed by atoms with van der Waals surface area (Å²) in [6, 6.07) is 3.83. The van der Waals surface area contributed by atoms with E-state index in [2.05, 4.69) is 16.7 Å². The largest absolute Gasteiger partial charge is 0.288 e. The van der Waals surface area contributed by atoms with Gasteiger partial charge in [0, 0.05) is 18.2 Å². The number of hydrogen-bond donors (Lipinski definition) is 0. The molecule has 2 atom stereocenters. The molecule has 2 heterocycles. The van der Waals surface area contributed by atoms with Crippen molar-refractivity contribution in [1.29, 1.82) is 0 Å². The topological polar surface area (TPSA) is 6.48 Å². The van der Waals surface area contributed by atoms with Crippen molar-refractivity contribution >= 4 is 0 Å². The van der Waals surface area contributed by atoms with E-state index in [1.807, 2.05) is 0 Å². The second-order valence-electron chi connectivity index (χ2n) is 5.94. The minimum atomic E-state index is -0.345. The predicted octanol–water partition coefficient (Wildman–Crippen LogP) is 3.54. The van der Waals surface area contributed by atoms with Crippen molar-refractivity contribution in [2.75, 3.05) is 19.6 Å². The van der Waals surface area contributed by atoms with Crippen molar-refractivity contribution in [3.63, 3.8) is 0 Å². The van der Waals surface area contributed by atoms with Crippen LogP contribution in [0.3, 0.4) is 0 Å². The fourth-order valence-corrected chi connectivity index (χ4v) is 3.67. The molecule has 20 heavy (non-hydrogen) atoms. The van der Waals surface area contributed by atoms with E-state index >= 15 is 0 Å². The normalized spacial score (nSPS) is 26.2.